The van der Waals surface area contributed by atoms with Gasteiger partial charge in [0.15, 0.2) is 0 Å². The Bertz CT molecular complexity index is 417. The molecule has 0 fully saturated rings. The first-order valence-corrected chi connectivity index (χ1v) is 7.12. The second-order valence-electron chi connectivity index (χ2n) is 3.63. The lowest BCUT2D eigenvalue weighted by Gasteiger charge is -2.15. The maximum absolute atomic E-state index is 10.7. The van der Waals surface area contributed by atoms with Gasteiger partial charge in [0, 0.05) is 22.7 Å². The SMILES string of the molecule is NC(=O)CCNC(c1cccs1)c1cccs1. The standard InChI is InChI=1S/C12H14N2OS2/c13-11(15)5-6-14-12(9-3-1-7-16-9)10-4-2-8-17-10/h1-4,7-8,12,14H,5-6H2,(H2,13,15). The molecule has 0 aliphatic heterocycles. The average Bonchev–Trinajstić information content (AvgIpc) is 2.97. The maximum Gasteiger partial charge on any atom is 0.218 e. The van der Waals surface area contributed by atoms with Gasteiger partial charge < -0.3 is 11.1 Å². The predicted molar refractivity (Wildman–Crippen MR) is 72.3 cm³/mol. The maximum atomic E-state index is 10.7. The molecule has 0 aliphatic rings. The van der Waals surface area contributed by atoms with Crippen LogP contribution in [0.3, 0.4) is 0 Å². The summed E-state index contributed by atoms with van der Waals surface area (Å²) >= 11 is 3.43. The molecule has 5 heteroatoms. The van der Waals surface area contributed by atoms with Gasteiger partial charge in [-0.05, 0) is 22.9 Å². The Morgan fingerprint density at radius 3 is 2.24 bits per heavy atom. The van der Waals surface area contributed by atoms with Crippen molar-refractivity contribution in [3.8, 4) is 0 Å². The quantitative estimate of drug-likeness (QED) is 0.843. The lowest BCUT2D eigenvalue weighted by molar-refractivity contribution is -0.117. The molecule has 0 radical (unpaired) electrons. The summed E-state index contributed by atoms with van der Waals surface area (Å²) in [4.78, 5) is 13.3. The second kappa shape index (κ2) is 5.95. The lowest BCUT2D eigenvalue weighted by atomic mass is 10.2. The highest BCUT2D eigenvalue weighted by atomic mass is 32.1. The third kappa shape index (κ3) is 3.39. The number of carbonyl (C=O) groups is 1. The Morgan fingerprint density at radius 1 is 1.24 bits per heavy atom. The minimum Gasteiger partial charge on any atom is -0.370 e. The molecule has 2 heterocycles. The molecule has 3 N–H and O–H groups in total. The van der Waals surface area contributed by atoms with E-state index in [1.54, 1.807) is 22.7 Å². The largest absolute Gasteiger partial charge is 0.370 e. The van der Waals surface area contributed by atoms with Crippen molar-refractivity contribution in [2.75, 3.05) is 6.54 Å². The number of primary amides is 1. The molecule has 2 aromatic heterocycles. The first-order valence-electron chi connectivity index (χ1n) is 5.36. The van der Waals surface area contributed by atoms with E-state index in [0.29, 0.717) is 13.0 Å². The summed E-state index contributed by atoms with van der Waals surface area (Å²) in [5, 5.41) is 7.50. The second-order valence-corrected chi connectivity index (χ2v) is 5.59. The highest BCUT2D eigenvalue weighted by molar-refractivity contribution is 7.11. The van der Waals surface area contributed by atoms with E-state index in [-0.39, 0.29) is 11.9 Å². The molecule has 0 atom stereocenters. The van der Waals surface area contributed by atoms with Gasteiger partial charge in [0.25, 0.3) is 0 Å². The summed E-state index contributed by atoms with van der Waals surface area (Å²) in [7, 11) is 0. The zero-order valence-corrected chi connectivity index (χ0v) is 10.9. The molecule has 0 aromatic carbocycles. The van der Waals surface area contributed by atoms with E-state index in [0.717, 1.165) is 0 Å². The molecule has 0 aliphatic carbocycles. The van der Waals surface area contributed by atoms with Crippen molar-refractivity contribution in [1.29, 1.82) is 0 Å². The van der Waals surface area contributed by atoms with Gasteiger partial charge >= 0.3 is 0 Å². The Morgan fingerprint density at radius 2 is 1.82 bits per heavy atom. The Balaban J connectivity index is 2.06. The number of hydrogen-bond donors (Lipinski definition) is 2. The van der Waals surface area contributed by atoms with Gasteiger partial charge in [-0.3, -0.25) is 4.79 Å². The zero-order valence-electron chi connectivity index (χ0n) is 9.26. The van der Waals surface area contributed by atoms with E-state index in [1.165, 1.54) is 9.75 Å². The van der Waals surface area contributed by atoms with Crippen molar-refractivity contribution in [3.05, 3.63) is 44.8 Å². The molecular weight excluding hydrogens is 252 g/mol. The van der Waals surface area contributed by atoms with Crippen LogP contribution >= 0.6 is 22.7 Å². The van der Waals surface area contributed by atoms with E-state index in [1.807, 2.05) is 12.1 Å². The molecule has 2 aromatic rings. The average molecular weight is 266 g/mol. The number of hydrogen-bond acceptors (Lipinski definition) is 4. The highest BCUT2D eigenvalue weighted by Gasteiger charge is 2.15. The van der Waals surface area contributed by atoms with Crippen molar-refractivity contribution in [1.82, 2.24) is 5.32 Å². The number of nitrogens with one attached hydrogen (secondary N) is 1. The molecule has 17 heavy (non-hydrogen) atoms. The summed E-state index contributed by atoms with van der Waals surface area (Å²) in [5.74, 6) is -0.270. The molecular formula is C12H14N2OS2. The number of amides is 1. The summed E-state index contributed by atoms with van der Waals surface area (Å²) < 4.78 is 0. The molecule has 90 valence electrons. The van der Waals surface area contributed by atoms with E-state index in [9.17, 15) is 4.79 Å². The molecule has 3 nitrogen and oxygen atoms in total. The van der Waals surface area contributed by atoms with Gasteiger partial charge in [-0.15, -0.1) is 22.7 Å². The van der Waals surface area contributed by atoms with Crippen LogP contribution < -0.4 is 11.1 Å². The van der Waals surface area contributed by atoms with Gasteiger partial charge in [0.2, 0.25) is 5.91 Å². The van der Waals surface area contributed by atoms with E-state index in [4.69, 9.17) is 5.73 Å². The van der Waals surface area contributed by atoms with E-state index >= 15 is 0 Å². The van der Waals surface area contributed by atoms with Crippen LogP contribution in [0, 0.1) is 0 Å². The Kier molecular flexibility index (Phi) is 4.30. The summed E-state index contributed by atoms with van der Waals surface area (Å²) in [6, 6.07) is 8.46. The fourth-order valence-corrected chi connectivity index (χ4v) is 3.30. The van der Waals surface area contributed by atoms with Crippen LogP contribution in [0.1, 0.15) is 22.2 Å². The van der Waals surface area contributed by atoms with Crippen molar-refractivity contribution in [2.24, 2.45) is 5.73 Å². The van der Waals surface area contributed by atoms with Crippen molar-refractivity contribution in [2.45, 2.75) is 12.5 Å². The molecule has 0 saturated carbocycles. The summed E-state index contributed by atoms with van der Waals surface area (Å²) in [5.41, 5.74) is 5.14. The fourth-order valence-electron chi connectivity index (χ4n) is 1.59. The van der Waals surface area contributed by atoms with Gasteiger partial charge in [-0.25, -0.2) is 0 Å². The van der Waals surface area contributed by atoms with Crippen molar-refractivity contribution >= 4 is 28.6 Å². The number of nitrogens with two attached hydrogens (primary N) is 1. The van der Waals surface area contributed by atoms with Crippen molar-refractivity contribution in [3.63, 3.8) is 0 Å². The van der Waals surface area contributed by atoms with Gasteiger partial charge in [-0.2, -0.15) is 0 Å². The van der Waals surface area contributed by atoms with Crippen LogP contribution in [0.15, 0.2) is 35.0 Å². The minimum atomic E-state index is -0.270. The Labute approximate surface area is 108 Å². The number of thiophene rings is 2. The van der Waals surface area contributed by atoms with Crippen molar-refractivity contribution < 1.29 is 4.79 Å². The van der Waals surface area contributed by atoms with Gasteiger partial charge in [0.05, 0.1) is 6.04 Å². The normalized spacial score (nSPS) is 10.9. The first kappa shape index (κ1) is 12.3. The third-order valence-electron chi connectivity index (χ3n) is 2.38. The van der Waals surface area contributed by atoms with Crippen LogP contribution in [0.2, 0.25) is 0 Å². The predicted octanol–water partition coefficient (Wildman–Crippen LogP) is 2.36. The lowest BCUT2D eigenvalue weighted by Crippen LogP contribution is -2.25. The minimum absolute atomic E-state index is 0.175. The molecule has 0 spiro atoms. The number of carbonyl (C=O) groups excluding carboxylic acids is 1. The van der Waals surface area contributed by atoms with Crippen LogP contribution in [0.4, 0.5) is 0 Å². The smallest absolute Gasteiger partial charge is 0.218 e. The first-order chi connectivity index (χ1) is 8.27. The summed E-state index contributed by atoms with van der Waals surface area (Å²) in [6.07, 6.45) is 0.368. The van der Waals surface area contributed by atoms with E-state index in [2.05, 4.69) is 28.2 Å². The van der Waals surface area contributed by atoms with Crippen LogP contribution in [0.25, 0.3) is 0 Å². The molecule has 0 saturated heterocycles. The summed E-state index contributed by atoms with van der Waals surface area (Å²) in [6.45, 7) is 0.607. The molecule has 2 rings (SSSR count). The topological polar surface area (TPSA) is 55.1 Å². The van der Waals surface area contributed by atoms with Crippen LogP contribution in [-0.2, 0) is 4.79 Å². The molecule has 1 amide bonds. The number of rotatable bonds is 6. The molecule has 0 unspecified atom stereocenters. The van der Waals surface area contributed by atoms with Gasteiger partial charge in [-0.1, -0.05) is 12.1 Å². The Hall–Kier alpha value is -1.17. The highest BCUT2D eigenvalue weighted by Crippen LogP contribution is 2.28. The van der Waals surface area contributed by atoms with Crippen LogP contribution in [0.5, 0.6) is 0 Å². The molecule has 0 bridgehead atoms. The van der Waals surface area contributed by atoms with Crippen LogP contribution in [-0.4, -0.2) is 12.5 Å². The third-order valence-corrected chi connectivity index (χ3v) is 4.25. The monoisotopic (exact) mass is 266 g/mol. The zero-order chi connectivity index (χ0) is 12.1. The fraction of sp³-hybridized carbons (Fsp3) is 0.250. The van der Waals surface area contributed by atoms with Gasteiger partial charge in [0.1, 0.15) is 0 Å². The van der Waals surface area contributed by atoms with E-state index < -0.39 is 0 Å².